The molecule has 1 amide bonds. The van der Waals surface area contributed by atoms with E-state index in [1.54, 1.807) is 0 Å². The van der Waals surface area contributed by atoms with Crippen LogP contribution in [0, 0.1) is 6.92 Å². The first-order valence-corrected chi connectivity index (χ1v) is 6.90. The fourth-order valence-corrected chi connectivity index (χ4v) is 2.56. The van der Waals surface area contributed by atoms with E-state index < -0.39 is 0 Å². The van der Waals surface area contributed by atoms with Crippen LogP contribution >= 0.6 is 0 Å². The first kappa shape index (κ1) is 12.7. The van der Waals surface area contributed by atoms with Gasteiger partial charge in [0.1, 0.15) is 0 Å². The van der Waals surface area contributed by atoms with Gasteiger partial charge in [0.2, 0.25) is 0 Å². The standard InChI is InChI=1S/C17H18N2O/c1-14-6-5-7-15(12-14)17(20)19-11-10-18(13-19)16-8-3-2-4-9-16/h2-9,12H,10-11,13H2,1H3. The van der Waals surface area contributed by atoms with Crippen LogP contribution in [0.2, 0.25) is 0 Å². The molecular weight excluding hydrogens is 248 g/mol. The summed E-state index contributed by atoms with van der Waals surface area (Å²) < 4.78 is 0. The molecule has 1 heterocycles. The summed E-state index contributed by atoms with van der Waals surface area (Å²) in [6.45, 7) is 4.34. The number of benzene rings is 2. The zero-order valence-electron chi connectivity index (χ0n) is 11.6. The lowest BCUT2D eigenvalue weighted by Crippen LogP contribution is -2.31. The molecule has 2 aromatic rings. The molecule has 0 saturated carbocycles. The third-order valence-electron chi connectivity index (χ3n) is 3.65. The Balaban J connectivity index is 1.73. The number of rotatable bonds is 2. The number of amides is 1. The smallest absolute Gasteiger partial charge is 0.255 e. The van der Waals surface area contributed by atoms with Gasteiger partial charge in [0.15, 0.2) is 0 Å². The number of carbonyl (C=O) groups is 1. The van der Waals surface area contributed by atoms with Gasteiger partial charge in [-0.05, 0) is 31.2 Å². The van der Waals surface area contributed by atoms with Crippen molar-refractivity contribution in [3.63, 3.8) is 0 Å². The van der Waals surface area contributed by atoms with Crippen molar-refractivity contribution in [3.8, 4) is 0 Å². The fourth-order valence-electron chi connectivity index (χ4n) is 2.56. The van der Waals surface area contributed by atoms with Gasteiger partial charge in [-0.2, -0.15) is 0 Å². The average molecular weight is 266 g/mol. The van der Waals surface area contributed by atoms with Gasteiger partial charge >= 0.3 is 0 Å². The van der Waals surface area contributed by atoms with E-state index in [2.05, 4.69) is 17.0 Å². The highest BCUT2D eigenvalue weighted by Gasteiger charge is 2.25. The topological polar surface area (TPSA) is 23.6 Å². The van der Waals surface area contributed by atoms with Crippen LogP contribution in [0.25, 0.3) is 0 Å². The minimum absolute atomic E-state index is 0.118. The molecule has 3 nitrogen and oxygen atoms in total. The molecule has 102 valence electrons. The second kappa shape index (κ2) is 5.37. The lowest BCUT2D eigenvalue weighted by molar-refractivity contribution is 0.0794. The molecule has 0 atom stereocenters. The highest BCUT2D eigenvalue weighted by atomic mass is 16.2. The van der Waals surface area contributed by atoms with E-state index in [-0.39, 0.29) is 5.91 Å². The molecule has 0 aromatic heterocycles. The molecule has 3 rings (SSSR count). The summed E-state index contributed by atoms with van der Waals surface area (Å²) >= 11 is 0. The zero-order chi connectivity index (χ0) is 13.9. The van der Waals surface area contributed by atoms with E-state index >= 15 is 0 Å². The lowest BCUT2D eigenvalue weighted by atomic mass is 10.1. The first-order valence-electron chi connectivity index (χ1n) is 6.90. The van der Waals surface area contributed by atoms with Crippen molar-refractivity contribution in [2.24, 2.45) is 0 Å². The van der Waals surface area contributed by atoms with E-state index in [9.17, 15) is 4.79 Å². The molecule has 2 aromatic carbocycles. The maximum Gasteiger partial charge on any atom is 0.255 e. The van der Waals surface area contributed by atoms with Crippen molar-refractivity contribution < 1.29 is 4.79 Å². The van der Waals surface area contributed by atoms with Gasteiger partial charge in [-0.25, -0.2) is 0 Å². The SMILES string of the molecule is Cc1cccc(C(=O)N2CCN(c3ccccc3)C2)c1. The van der Waals surface area contributed by atoms with Gasteiger partial charge < -0.3 is 9.80 Å². The Hall–Kier alpha value is -2.29. The Morgan fingerprint density at radius 3 is 2.55 bits per heavy atom. The number of hydrogen-bond donors (Lipinski definition) is 0. The third-order valence-corrected chi connectivity index (χ3v) is 3.65. The van der Waals surface area contributed by atoms with E-state index in [1.807, 2.05) is 54.3 Å². The van der Waals surface area contributed by atoms with Crippen LogP contribution in [0.15, 0.2) is 54.6 Å². The molecule has 0 spiro atoms. The van der Waals surface area contributed by atoms with Crippen molar-refractivity contribution in [1.29, 1.82) is 0 Å². The van der Waals surface area contributed by atoms with Crippen molar-refractivity contribution in [2.75, 3.05) is 24.7 Å². The van der Waals surface area contributed by atoms with Crippen LogP contribution in [-0.4, -0.2) is 30.6 Å². The van der Waals surface area contributed by atoms with Gasteiger partial charge in [-0.3, -0.25) is 4.79 Å². The molecule has 0 radical (unpaired) electrons. The molecule has 1 aliphatic heterocycles. The molecule has 1 fully saturated rings. The second-order valence-electron chi connectivity index (χ2n) is 5.18. The van der Waals surface area contributed by atoms with E-state index in [0.717, 1.165) is 24.2 Å². The summed E-state index contributed by atoms with van der Waals surface area (Å²) in [4.78, 5) is 16.6. The first-order chi connectivity index (χ1) is 9.74. The van der Waals surface area contributed by atoms with Crippen LogP contribution in [-0.2, 0) is 0 Å². The van der Waals surface area contributed by atoms with Crippen LogP contribution < -0.4 is 4.90 Å². The summed E-state index contributed by atoms with van der Waals surface area (Å²) in [6.07, 6.45) is 0. The molecule has 0 bridgehead atoms. The van der Waals surface area contributed by atoms with Crippen LogP contribution in [0.5, 0.6) is 0 Å². The normalized spacial score (nSPS) is 14.7. The third kappa shape index (κ3) is 2.52. The van der Waals surface area contributed by atoms with Crippen LogP contribution in [0.4, 0.5) is 5.69 Å². The number of aryl methyl sites for hydroxylation is 1. The minimum atomic E-state index is 0.118. The van der Waals surface area contributed by atoms with Gasteiger partial charge in [0.25, 0.3) is 5.91 Å². The summed E-state index contributed by atoms with van der Waals surface area (Å²) in [5.41, 5.74) is 3.07. The zero-order valence-corrected chi connectivity index (χ0v) is 11.6. The summed E-state index contributed by atoms with van der Waals surface area (Å²) in [7, 11) is 0. The Kier molecular flexibility index (Phi) is 3.42. The molecule has 0 unspecified atom stereocenters. The van der Waals surface area contributed by atoms with Crippen molar-refractivity contribution in [3.05, 3.63) is 65.7 Å². The quantitative estimate of drug-likeness (QED) is 0.834. The lowest BCUT2D eigenvalue weighted by Gasteiger charge is -2.20. The maximum absolute atomic E-state index is 12.5. The predicted octanol–water partition coefficient (Wildman–Crippen LogP) is 2.91. The number of anilines is 1. The molecule has 1 saturated heterocycles. The van der Waals surface area contributed by atoms with Crippen molar-refractivity contribution in [1.82, 2.24) is 4.90 Å². The number of para-hydroxylation sites is 1. The second-order valence-corrected chi connectivity index (χ2v) is 5.18. The predicted molar refractivity (Wildman–Crippen MR) is 80.9 cm³/mol. The molecular formula is C17H18N2O. The van der Waals surface area contributed by atoms with E-state index in [0.29, 0.717) is 6.67 Å². The number of hydrogen-bond acceptors (Lipinski definition) is 2. The highest BCUT2D eigenvalue weighted by Crippen LogP contribution is 2.19. The van der Waals surface area contributed by atoms with Crippen molar-refractivity contribution in [2.45, 2.75) is 6.92 Å². The maximum atomic E-state index is 12.5. The fraction of sp³-hybridized carbons (Fsp3) is 0.235. The van der Waals surface area contributed by atoms with Crippen LogP contribution in [0.3, 0.4) is 0 Å². The number of carbonyl (C=O) groups excluding carboxylic acids is 1. The summed E-state index contributed by atoms with van der Waals surface area (Å²) in [5, 5.41) is 0. The minimum Gasteiger partial charge on any atom is -0.352 e. The molecule has 0 aliphatic carbocycles. The summed E-state index contributed by atoms with van der Waals surface area (Å²) in [6, 6.07) is 18.0. The van der Waals surface area contributed by atoms with E-state index in [4.69, 9.17) is 0 Å². The van der Waals surface area contributed by atoms with Gasteiger partial charge in [-0.15, -0.1) is 0 Å². The number of nitrogens with zero attached hydrogens (tertiary/aromatic N) is 2. The monoisotopic (exact) mass is 266 g/mol. The Labute approximate surface area is 119 Å². The molecule has 0 N–H and O–H groups in total. The molecule has 3 heteroatoms. The highest BCUT2D eigenvalue weighted by molar-refractivity contribution is 5.94. The van der Waals surface area contributed by atoms with Crippen LogP contribution in [0.1, 0.15) is 15.9 Å². The Morgan fingerprint density at radius 1 is 1.00 bits per heavy atom. The van der Waals surface area contributed by atoms with Crippen molar-refractivity contribution >= 4 is 11.6 Å². The largest absolute Gasteiger partial charge is 0.352 e. The van der Waals surface area contributed by atoms with Gasteiger partial charge in [0, 0.05) is 24.3 Å². The Bertz CT molecular complexity index is 609. The van der Waals surface area contributed by atoms with Gasteiger partial charge in [0.05, 0.1) is 6.67 Å². The summed E-state index contributed by atoms with van der Waals surface area (Å²) in [5.74, 6) is 0.118. The average Bonchev–Trinajstić information content (AvgIpc) is 2.97. The molecule has 20 heavy (non-hydrogen) atoms. The molecule has 1 aliphatic rings. The Morgan fingerprint density at radius 2 is 1.80 bits per heavy atom. The van der Waals surface area contributed by atoms with E-state index in [1.165, 1.54) is 5.69 Å². The van der Waals surface area contributed by atoms with Gasteiger partial charge in [-0.1, -0.05) is 35.9 Å².